The zero-order chi connectivity index (χ0) is 12.5. The molecule has 0 aromatic carbocycles. The Bertz CT molecular complexity index is 282. The summed E-state index contributed by atoms with van der Waals surface area (Å²) in [6.07, 6.45) is 0. The molecule has 0 N–H and O–H groups in total. The highest BCUT2D eigenvalue weighted by Crippen LogP contribution is 1.89. The third kappa shape index (κ3) is 11.0. The first-order valence-electron chi connectivity index (χ1n) is 3.99. The fourth-order valence-electron chi connectivity index (χ4n) is 0.322. The molecule has 0 aromatic heterocycles. The van der Waals surface area contributed by atoms with Gasteiger partial charge in [-0.05, 0) is 13.8 Å². The third-order valence-electron chi connectivity index (χ3n) is 1.03. The Morgan fingerprint density at radius 1 is 1.27 bits per heavy atom. The summed E-state index contributed by atoms with van der Waals surface area (Å²) in [5, 5.41) is 0. The van der Waals surface area contributed by atoms with Gasteiger partial charge in [-0.1, -0.05) is 6.58 Å². The first kappa shape index (κ1) is 16.5. The molecule has 0 saturated carbocycles. The van der Waals surface area contributed by atoms with E-state index in [1.807, 2.05) is 0 Å². The van der Waals surface area contributed by atoms with Crippen molar-refractivity contribution < 1.29 is 26.3 Å². The van der Waals surface area contributed by atoms with Crippen LogP contribution in [0.25, 0.3) is 0 Å². The minimum absolute atomic E-state index is 0.312. The van der Waals surface area contributed by atoms with E-state index in [9.17, 15) is 13.2 Å². The molecule has 0 saturated heterocycles. The van der Waals surface area contributed by atoms with Crippen LogP contribution in [-0.2, 0) is 28.3 Å². The average molecular weight is 240 g/mol. The molecule has 0 unspecified atom stereocenters. The van der Waals surface area contributed by atoms with Crippen molar-refractivity contribution in [1.29, 1.82) is 0 Å². The van der Waals surface area contributed by atoms with Crippen molar-refractivity contribution in [2.75, 3.05) is 20.8 Å². The first-order chi connectivity index (χ1) is 6.80. The maximum atomic E-state index is 10.4. The molecule has 0 rings (SSSR count). The average Bonchev–Trinajstić information content (AvgIpc) is 2.19. The molecule has 0 aliphatic carbocycles. The molecular formula is C8H16O6S. The maximum absolute atomic E-state index is 10.4. The number of hydrogen-bond donors (Lipinski definition) is 0. The minimum atomic E-state index is -3.66. The zero-order valence-corrected chi connectivity index (χ0v) is 10.1. The molecule has 0 aliphatic rings. The van der Waals surface area contributed by atoms with Gasteiger partial charge in [-0.25, -0.2) is 4.79 Å². The molecule has 15 heavy (non-hydrogen) atoms. The lowest BCUT2D eigenvalue weighted by Gasteiger charge is -1.96. The summed E-state index contributed by atoms with van der Waals surface area (Å²) < 4.78 is 32.1. The summed E-state index contributed by atoms with van der Waals surface area (Å²) in [5.74, 6) is -0.312. The molecule has 6 nitrogen and oxygen atoms in total. The number of rotatable bonds is 4. The summed E-state index contributed by atoms with van der Waals surface area (Å²) in [6, 6.07) is 0. The van der Waals surface area contributed by atoms with Crippen molar-refractivity contribution in [1.82, 2.24) is 0 Å². The predicted octanol–water partition coefficient (Wildman–Crippen LogP) is 0.650. The number of carbonyl (C=O) groups excluding carboxylic acids is 1. The van der Waals surface area contributed by atoms with Crippen LogP contribution >= 0.6 is 0 Å². The largest absolute Gasteiger partial charge is 0.463 e. The Labute approximate surface area is 90.2 Å². The van der Waals surface area contributed by atoms with Crippen LogP contribution in [-0.4, -0.2) is 35.2 Å². The lowest BCUT2D eigenvalue weighted by molar-refractivity contribution is -0.138. The molecule has 90 valence electrons. The van der Waals surface area contributed by atoms with E-state index >= 15 is 0 Å². The zero-order valence-electron chi connectivity index (χ0n) is 9.27. The monoisotopic (exact) mass is 240 g/mol. The maximum Gasteiger partial charge on any atom is 0.399 e. The van der Waals surface area contributed by atoms with E-state index in [-0.39, 0.29) is 5.97 Å². The first-order valence-corrected chi connectivity index (χ1v) is 5.32. The summed E-state index contributed by atoms with van der Waals surface area (Å²) in [6.45, 7) is 7.21. The van der Waals surface area contributed by atoms with Gasteiger partial charge in [-0.15, -0.1) is 0 Å². The normalized spacial score (nSPS) is 9.87. The van der Waals surface area contributed by atoms with Crippen molar-refractivity contribution in [3.8, 4) is 0 Å². The van der Waals surface area contributed by atoms with Gasteiger partial charge < -0.3 is 4.74 Å². The number of esters is 1. The molecule has 0 fully saturated rings. The lowest BCUT2D eigenvalue weighted by Crippen LogP contribution is -2.03. The topological polar surface area (TPSA) is 78.9 Å². The van der Waals surface area contributed by atoms with Crippen LogP contribution < -0.4 is 0 Å². The van der Waals surface area contributed by atoms with Crippen LogP contribution in [0.4, 0.5) is 0 Å². The smallest absolute Gasteiger partial charge is 0.399 e. The summed E-state index contributed by atoms with van der Waals surface area (Å²) in [7, 11) is -1.60. The Hall–Kier alpha value is -0.920. The molecule has 0 spiro atoms. The fraction of sp³-hybridized carbons (Fsp3) is 0.625. The summed E-state index contributed by atoms with van der Waals surface area (Å²) in [4.78, 5) is 10.4. The van der Waals surface area contributed by atoms with E-state index in [0.29, 0.717) is 12.2 Å². The lowest BCUT2D eigenvalue weighted by atomic mass is 10.4. The number of hydrogen-bond acceptors (Lipinski definition) is 6. The molecule has 0 aliphatic heterocycles. The number of ether oxygens (including phenoxy) is 1. The molecule has 0 atom stereocenters. The number of carbonyl (C=O) groups is 1. The van der Waals surface area contributed by atoms with E-state index in [4.69, 9.17) is 0 Å². The third-order valence-corrected chi connectivity index (χ3v) is 1.85. The van der Waals surface area contributed by atoms with Crippen molar-refractivity contribution in [2.45, 2.75) is 13.8 Å². The van der Waals surface area contributed by atoms with Crippen LogP contribution in [0.1, 0.15) is 13.8 Å². The fourth-order valence-corrected chi connectivity index (χ4v) is 0.458. The minimum Gasteiger partial charge on any atom is -0.463 e. The van der Waals surface area contributed by atoms with Gasteiger partial charge in [0.2, 0.25) is 0 Å². The summed E-state index contributed by atoms with van der Waals surface area (Å²) >= 11 is 0. The van der Waals surface area contributed by atoms with Gasteiger partial charge in [0.05, 0.1) is 20.8 Å². The van der Waals surface area contributed by atoms with E-state index in [1.165, 1.54) is 0 Å². The quantitative estimate of drug-likeness (QED) is 0.530. The van der Waals surface area contributed by atoms with Crippen LogP contribution in [0.3, 0.4) is 0 Å². The molecule has 7 heteroatoms. The highest BCUT2D eigenvalue weighted by atomic mass is 32.3. The van der Waals surface area contributed by atoms with E-state index < -0.39 is 10.4 Å². The summed E-state index contributed by atoms with van der Waals surface area (Å²) in [5.41, 5.74) is 0.451. The highest BCUT2D eigenvalue weighted by molar-refractivity contribution is 7.81. The van der Waals surface area contributed by atoms with Crippen molar-refractivity contribution in [2.24, 2.45) is 0 Å². The molecule has 0 amide bonds. The van der Waals surface area contributed by atoms with Crippen LogP contribution in [0, 0.1) is 0 Å². The van der Waals surface area contributed by atoms with Gasteiger partial charge in [-0.2, -0.15) is 8.42 Å². The van der Waals surface area contributed by atoms with Gasteiger partial charge in [-0.3, -0.25) is 8.37 Å². The van der Waals surface area contributed by atoms with E-state index in [2.05, 4.69) is 19.7 Å². The van der Waals surface area contributed by atoms with Crippen LogP contribution in [0.15, 0.2) is 12.2 Å². The van der Waals surface area contributed by atoms with Gasteiger partial charge in [0.15, 0.2) is 0 Å². The van der Waals surface area contributed by atoms with E-state index in [0.717, 1.165) is 14.2 Å². The second kappa shape index (κ2) is 8.39. The Balaban J connectivity index is 0. The van der Waals surface area contributed by atoms with Gasteiger partial charge in [0, 0.05) is 5.57 Å². The highest BCUT2D eigenvalue weighted by Gasteiger charge is 2.01. The van der Waals surface area contributed by atoms with Gasteiger partial charge in [0.25, 0.3) is 0 Å². The van der Waals surface area contributed by atoms with Crippen LogP contribution in [0.5, 0.6) is 0 Å². The Kier molecular flexibility index (Phi) is 9.24. The molecule has 0 bridgehead atoms. The molecular weight excluding hydrogens is 224 g/mol. The van der Waals surface area contributed by atoms with Crippen LogP contribution in [0.2, 0.25) is 0 Å². The molecule has 0 radical (unpaired) electrons. The second-order valence-electron chi connectivity index (χ2n) is 2.24. The predicted molar refractivity (Wildman–Crippen MR) is 54.4 cm³/mol. The molecule has 0 heterocycles. The van der Waals surface area contributed by atoms with Gasteiger partial charge in [0.1, 0.15) is 0 Å². The van der Waals surface area contributed by atoms with Crippen molar-refractivity contribution in [3.05, 3.63) is 12.2 Å². The Morgan fingerprint density at radius 3 is 1.73 bits per heavy atom. The van der Waals surface area contributed by atoms with E-state index in [1.54, 1.807) is 13.8 Å². The Morgan fingerprint density at radius 2 is 1.67 bits per heavy atom. The standard InChI is InChI=1S/C6H10O2.C2H6O4S/c1-4-8-6(7)5(2)3;1-5-7(3,4)6-2/h2,4H2,1,3H3;1-2H3. The second-order valence-corrected chi connectivity index (χ2v) is 3.73. The van der Waals surface area contributed by atoms with Crippen molar-refractivity contribution in [3.63, 3.8) is 0 Å². The van der Waals surface area contributed by atoms with Gasteiger partial charge >= 0.3 is 16.4 Å². The van der Waals surface area contributed by atoms with Crippen molar-refractivity contribution >= 4 is 16.4 Å². The molecule has 0 aromatic rings. The SMILES string of the molecule is C=C(C)C(=O)OCC.COS(=O)(=O)OC.